The van der Waals surface area contributed by atoms with Crippen LogP contribution in [-0.4, -0.2) is 51.1 Å². The van der Waals surface area contributed by atoms with E-state index in [2.05, 4.69) is 13.0 Å². The van der Waals surface area contributed by atoms with E-state index in [-0.39, 0.29) is 46.7 Å². The molecule has 0 saturated heterocycles. The summed E-state index contributed by atoms with van der Waals surface area (Å²) in [5.41, 5.74) is 3.15. The molecule has 2 saturated carbocycles. The van der Waals surface area contributed by atoms with E-state index in [4.69, 9.17) is 4.74 Å². The highest BCUT2D eigenvalue weighted by Gasteiger charge is 2.57. The van der Waals surface area contributed by atoms with Crippen LogP contribution in [-0.2, 0) is 35.0 Å². The molecule has 46 heavy (non-hydrogen) atoms. The normalized spacial score (nSPS) is 28.2. The molecule has 5 nitrogen and oxygen atoms in total. The molecule has 1 aromatic heterocycles. The van der Waals surface area contributed by atoms with Crippen LogP contribution in [0.25, 0.3) is 0 Å². The first-order chi connectivity index (χ1) is 21.8. The fraction of sp³-hybridized carbons (Fsp3) is 0.647. The lowest BCUT2D eigenvalue weighted by molar-refractivity contribution is -0.284. The molecule has 1 unspecified atom stereocenters. The number of carbonyl (C=O) groups excluding carboxylic acids is 2. The number of ketones is 1. The van der Waals surface area contributed by atoms with Crippen LogP contribution in [0.3, 0.4) is 0 Å². The quantitative estimate of drug-likeness (QED) is 0.249. The van der Waals surface area contributed by atoms with Gasteiger partial charge in [-0.15, -0.1) is 11.3 Å². The van der Waals surface area contributed by atoms with Crippen LogP contribution in [0.15, 0.2) is 29.6 Å². The molecule has 0 N–H and O–H groups in total. The van der Waals surface area contributed by atoms with E-state index in [1.807, 2.05) is 23.6 Å². The molecule has 2 fully saturated rings. The SMILES string of the molecule is C[C@]12CC[C@@H]3c4ccc(OC(=O)N5CCc6sccc6C5)cc4C[C@@H](CCCS(=O)CCCC(F)(F)C(F)(F)F)[C@H]3[C@@H]1CCC2=O. The second kappa shape index (κ2) is 12.9. The molecule has 3 aliphatic carbocycles. The molecule has 4 aliphatic rings. The number of alkyl halides is 5. The first-order valence-electron chi connectivity index (χ1n) is 16.2. The molecule has 12 heteroatoms. The summed E-state index contributed by atoms with van der Waals surface area (Å²) in [5, 5.41) is 2.04. The van der Waals surface area contributed by atoms with Crippen molar-refractivity contribution in [3.05, 3.63) is 51.2 Å². The average molecular weight is 686 g/mol. The number of Topliss-reactive ketones (excluding diaryl/α,β-unsaturated/α-hetero) is 1. The summed E-state index contributed by atoms with van der Waals surface area (Å²) in [6, 6.07) is 7.95. The van der Waals surface area contributed by atoms with Crippen molar-refractivity contribution in [2.24, 2.45) is 23.2 Å². The van der Waals surface area contributed by atoms with E-state index in [9.17, 15) is 35.8 Å². The maximum atomic E-state index is 13.3. The predicted molar refractivity (Wildman–Crippen MR) is 167 cm³/mol. The fourth-order valence-corrected chi connectivity index (χ4v) is 10.7. The van der Waals surface area contributed by atoms with Crippen molar-refractivity contribution in [1.82, 2.24) is 4.90 Å². The first kappa shape index (κ1) is 33.6. The Labute approximate surface area is 272 Å². The number of benzene rings is 1. The molecule has 0 spiro atoms. The number of halogens is 5. The van der Waals surface area contributed by atoms with Crippen LogP contribution in [0.4, 0.5) is 26.7 Å². The third-order valence-corrected chi connectivity index (χ3v) is 13.6. The van der Waals surface area contributed by atoms with Crippen molar-refractivity contribution in [2.45, 2.75) is 95.7 Å². The van der Waals surface area contributed by atoms with Gasteiger partial charge in [-0.3, -0.25) is 9.00 Å². The van der Waals surface area contributed by atoms with Crippen LogP contribution < -0.4 is 4.74 Å². The van der Waals surface area contributed by atoms with Gasteiger partial charge in [-0.1, -0.05) is 13.0 Å². The molecule has 0 bridgehead atoms. The predicted octanol–water partition coefficient (Wildman–Crippen LogP) is 8.46. The monoisotopic (exact) mass is 685 g/mol. The van der Waals surface area contributed by atoms with Gasteiger partial charge < -0.3 is 9.64 Å². The minimum Gasteiger partial charge on any atom is -0.410 e. The highest BCUT2D eigenvalue weighted by atomic mass is 32.2. The molecule has 6 rings (SSSR count). The van der Waals surface area contributed by atoms with E-state index < -0.39 is 35.7 Å². The number of ether oxygens (including phenoxy) is 1. The number of fused-ring (bicyclic) bond motifs is 6. The van der Waals surface area contributed by atoms with E-state index in [0.29, 0.717) is 43.9 Å². The zero-order chi connectivity index (χ0) is 32.9. The molecular weight excluding hydrogens is 646 g/mol. The summed E-state index contributed by atoms with van der Waals surface area (Å²) < 4.78 is 82.5. The zero-order valence-corrected chi connectivity index (χ0v) is 27.5. The number of amides is 1. The van der Waals surface area contributed by atoms with Gasteiger partial charge in [-0.05, 0) is 115 Å². The van der Waals surface area contributed by atoms with Gasteiger partial charge in [0.05, 0.1) is 6.54 Å². The van der Waals surface area contributed by atoms with Crippen molar-refractivity contribution < 1.29 is 40.5 Å². The molecule has 1 aromatic carbocycles. The van der Waals surface area contributed by atoms with Gasteiger partial charge in [0.15, 0.2) is 0 Å². The first-order valence-corrected chi connectivity index (χ1v) is 18.6. The Balaban J connectivity index is 1.13. The van der Waals surface area contributed by atoms with E-state index in [1.165, 1.54) is 10.4 Å². The number of carbonyl (C=O) groups is 2. The Bertz CT molecular complexity index is 1490. The Morgan fingerprint density at radius 1 is 1.09 bits per heavy atom. The summed E-state index contributed by atoms with van der Waals surface area (Å²) in [6.45, 7) is 3.23. The molecule has 1 amide bonds. The summed E-state index contributed by atoms with van der Waals surface area (Å²) in [4.78, 5) is 29.1. The smallest absolute Gasteiger partial charge is 0.410 e. The lowest BCUT2D eigenvalue weighted by Gasteiger charge is -2.51. The second-order valence-corrected chi connectivity index (χ2v) is 16.4. The Hall–Kier alpha value is -2.34. The lowest BCUT2D eigenvalue weighted by atomic mass is 9.52. The van der Waals surface area contributed by atoms with Crippen molar-refractivity contribution in [2.75, 3.05) is 18.1 Å². The van der Waals surface area contributed by atoms with Gasteiger partial charge in [0.2, 0.25) is 0 Å². The number of hydrogen-bond acceptors (Lipinski definition) is 5. The summed E-state index contributed by atoms with van der Waals surface area (Å²) in [5.74, 6) is -2.98. The van der Waals surface area contributed by atoms with Gasteiger partial charge in [-0.25, -0.2) is 4.79 Å². The highest BCUT2D eigenvalue weighted by molar-refractivity contribution is 7.84. The molecule has 252 valence electrons. The summed E-state index contributed by atoms with van der Waals surface area (Å²) >= 11 is 1.71. The maximum absolute atomic E-state index is 13.3. The van der Waals surface area contributed by atoms with Crippen molar-refractivity contribution in [3.8, 4) is 5.75 Å². The molecule has 6 atom stereocenters. The Morgan fingerprint density at radius 3 is 2.65 bits per heavy atom. The maximum Gasteiger partial charge on any atom is 0.453 e. The van der Waals surface area contributed by atoms with Gasteiger partial charge in [-0.2, -0.15) is 22.0 Å². The van der Waals surface area contributed by atoms with Crippen molar-refractivity contribution >= 4 is 34.0 Å². The van der Waals surface area contributed by atoms with E-state index in [0.717, 1.165) is 43.2 Å². The van der Waals surface area contributed by atoms with Crippen LogP contribution in [0.5, 0.6) is 5.75 Å². The largest absolute Gasteiger partial charge is 0.453 e. The standard InChI is InChI=1S/C34H40F5NO4S2/c1-32-13-9-26-25-6-5-24(44-31(42)40-14-10-28-22(20-40)11-15-45-28)19-23(25)18-21(30(26)27(32)7-8-29(32)41)4-2-16-46(43)17-3-12-33(35,36)34(37,38)39/h5-6,11,15,19,21,26-27,30H,2-4,7-10,12-14,16-18,20H2,1H3/t21-,26-,27+,30-,32+,46?/m1/s1. The number of thiophene rings is 1. The van der Waals surface area contributed by atoms with Gasteiger partial charge in [0.25, 0.3) is 0 Å². The molecule has 0 radical (unpaired) electrons. The van der Waals surface area contributed by atoms with E-state index >= 15 is 0 Å². The number of hydrogen-bond donors (Lipinski definition) is 0. The van der Waals surface area contributed by atoms with Crippen molar-refractivity contribution in [1.29, 1.82) is 0 Å². The minimum atomic E-state index is -5.60. The topological polar surface area (TPSA) is 63.7 Å². The number of rotatable bonds is 9. The van der Waals surface area contributed by atoms with Gasteiger partial charge >= 0.3 is 18.2 Å². The van der Waals surface area contributed by atoms with E-state index in [1.54, 1.807) is 16.2 Å². The molecule has 1 aliphatic heterocycles. The Morgan fingerprint density at radius 2 is 1.87 bits per heavy atom. The van der Waals surface area contributed by atoms with Crippen molar-refractivity contribution in [3.63, 3.8) is 0 Å². The van der Waals surface area contributed by atoms with Crippen LogP contribution >= 0.6 is 11.3 Å². The fourth-order valence-electron chi connectivity index (χ4n) is 8.66. The summed E-state index contributed by atoms with van der Waals surface area (Å²) in [7, 11) is -1.50. The van der Waals surface area contributed by atoms with Crippen LogP contribution in [0, 0.1) is 23.2 Å². The lowest BCUT2D eigenvalue weighted by Crippen LogP contribution is -2.46. The molecule has 2 heterocycles. The third kappa shape index (κ3) is 6.54. The average Bonchev–Trinajstić information content (AvgIpc) is 3.59. The molecular formula is C34H40F5NO4S2. The highest BCUT2D eigenvalue weighted by Crippen LogP contribution is 2.61. The van der Waals surface area contributed by atoms with Crippen LogP contribution in [0.1, 0.15) is 85.8 Å². The third-order valence-electron chi connectivity index (χ3n) is 11.1. The van der Waals surface area contributed by atoms with Crippen LogP contribution in [0.2, 0.25) is 0 Å². The summed E-state index contributed by atoms with van der Waals surface area (Å²) in [6.07, 6.45) is -1.88. The zero-order valence-electron chi connectivity index (χ0n) is 25.9. The minimum absolute atomic E-state index is 0.185. The van der Waals surface area contributed by atoms with Gasteiger partial charge in [0.1, 0.15) is 11.5 Å². The Kier molecular flexibility index (Phi) is 9.44. The number of nitrogens with zero attached hydrogens (tertiary/aromatic N) is 1. The van der Waals surface area contributed by atoms with Gasteiger partial charge in [0, 0.05) is 52.0 Å². The molecule has 2 aromatic rings. The second-order valence-electron chi connectivity index (χ2n) is 13.7.